The Kier molecular flexibility index (Phi) is 8.62. The fourth-order valence-corrected chi connectivity index (χ4v) is 14.4. The van der Waals surface area contributed by atoms with Crippen molar-refractivity contribution < 1.29 is 0 Å². The van der Waals surface area contributed by atoms with Crippen molar-refractivity contribution in [3.05, 3.63) is 182 Å². The third kappa shape index (κ3) is 6.02. The molecule has 43 heavy (non-hydrogen) atoms. The molecule has 0 saturated carbocycles. The molecule has 7 rings (SSSR count). The molecule has 0 aliphatic carbocycles. The minimum absolute atomic E-state index is 0.653. The molecule has 0 fully saturated rings. The number of hydrogen-bond acceptors (Lipinski definition) is 0. The maximum absolute atomic E-state index is 2.40. The molecule has 0 heterocycles. The Morgan fingerprint density at radius 2 is 0.674 bits per heavy atom. The second-order valence-corrected chi connectivity index (χ2v) is 17.5. The van der Waals surface area contributed by atoms with E-state index in [1.165, 1.54) is 51.4 Å². The summed E-state index contributed by atoms with van der Waals surface area (Å²) in [6.07, 6.45) is 0. The molecular weight excluding hydrogens is 615 g/mol. The van der Waals surface area contributed by atoms with E-state index in [0.717, 1.165) is 0 Å². The molecule has 0 aromatic heterocycles. The molecule has 7 aromatic rings. The van der Waals surface area contributed by atoms with E-state index in [2.05, 4.69) is 182 Å². The minimum atomic E-state index is -0.705. The predicted octanol–water partition coefficient (Wildman–Crippen LogP) is 6.01. The summed E-state index contributed by atoms with van der Waals surface area (Å²) in [5.41, 5.74) is 0. The van der Waals surface area contributed by atoms with Crippen molar-refractivity contribution in [2.24, 2.45) is 0 Å². The average Bonchev–Trinajstić information content (AvgIpc) is 3.08. The zero-order chi connectivity index (χ0) is 28.8. The van der Waals surface area contributed by atoms with Crippen LogP contribution in [-0.4, -0.2) is 15.4 Å². The summed E-state index contributed by atoms with van der Waals surface area (Å²) >= 11 is -0.653. The van der Waals surface area contributed by atoms with Gasteiger partial charge in [0.15, 0.2) is 0 Å². The zero-order valence-corrected chi connectivity index (χ0v) is 27.6. The van der Waals surface area contributed by atoms with Crippen LogP contribution in [0, 0.1) is 0 Å². The van der Waals surface area contributed by atoms with E-state index in [0.29, 0.717) is 0 Å². The molecule has 0 atom stereocenters. The molecular formula is C40H30GeP2. The van der Waals surface area contributed by atoms with Gasteiger partial charge in [-0.1, -0.05) is 0 Å². The molecule has 0 bridgehead atoms. The summed E-state index contributed by atoms with van der Waals surface area (Å²) in [4.78, 5) is 0. The average molecular weight is 645 g/mol. The van der Waals surface area contributed by atoms with Crippen molar-refractivity contribution in [2.75, 3.05) is 0 Å². The van der Waals surface area contributed by atoms with Gasteiger partial charge in [0, 0.05) is 0 Å². The van der Waals surface area contributed by atoms with E-state index < -0.39 is 31.3 Å². The van der Waals surface area contributed by atoms with Crippen LogP contribution < -0.4 is 40.6 Å². The Balaban J connectivity index is 1.40. The second kappa shape index (κ2) is 13.2. The van der Waals surface area contributed by atoms with Crippen molar-refractivity contribution in [3.8, 4) is 0 Å². The first-order valence-electron chi connectivity index (χ1n) is 14.5. The van der Waals surface area contributed by atoms with Gasteiger partial charge in [-0.3, -0.25) is 0 Å². The predicted molar refractivity (Wildman–Crippen MR) is 193 cm³/mol. The molecule has 204 valence electrons. The van der Waals surface area contributed by atoms with Gasteiger partial charge >= 0.3 is 265 Å². The third-order valence-corrected chi connectivity index (χ3v) is 15.9. The molecule has 0 aliphatic heterocycles. The number of fused-ring (bicyclic) bond motifs is 1. The van der Waals surface area contributed by atoms with E-state index >= 15 is 0 Å². The summed E-state index contributed by atoms with van der Waals surface area (Å²) < 4.78 is 3.03. The van der Waals surface area contributed by atoms with E-state index in [1.807, 2.05) is 0 Å². The Labute approximate surface area is 263 Å². The summed E-state index contributed by atoms with van der Waals surface area (Å²) in [6.45, 7) is 0. The molecule has 3 heteroatoms. The maximum atomic E-state index is 2.40. The Morgan fingerprint density at radius 3 is 1.19 bits per heavy atom. The topological polar surface area (TPSA) is 0 Å². The molecule has 0 nitrogen and oxygen atoms in total. The zero-order valence-electron chi connectivity index (χ0n) is 23.7. The van der Waals surface area contributed by atoms with Gasteiger partial charge in [0.25, 0.3) is 0 Å². The first-order chi connectivity index (χ1) is 21.4. The van der Waals surface area contributed by atoms with Crippen LogP contribution in [-0.2, 0) is 0 Å². The van der Waals surface area contributed by atoms with Gasteiger partial charge in [-0.2, -0.15) is 0 Å². The van der Waals surface area contributed by atoms with Crippen LogP contribution in [0.5, 0.6) is 0 Å². The summed E-state index contributed by atoms with van der Waals surface area (Å²) in [5, 5.41) is 11.3. The van der Waals surface area contributed by atoms with E-state index in [-0.39, 0.29) is 0 Å². The van der Waals surface area contributed by atoms with Crippen molar-refractivity contribution in [2.45, 2.75) is 0 Å². The Morgan fingerprint density at radius 1 is 0.302 bits per heavy atom. The van der Waals surface area contributed by atoms with Gasteiger partial charge in [-0.25, -0.2) is 0 Å². The summed E-state index contributed by atoms with van der Waals surface area (Å²) in [6, 6.07) is 67.5. The fourth-order valence-electron chi connectivity index (χ4n) is 5.69. The normalized spacial score (nSPS) is 11.3. The van der Waals surface area contributed by atoms with E-state index in [9.17, 15) is 0 Å². The van der Waals surface area contributed by atoms with Crippen LogP contribution in [0.25, 0.3) is 10.8 Å². The van der Waals surface area contributed by atoms with Crippen molar-refractivity contribution in [1.82, 2.24) is 0 Å². The van der Waals surface area contributed by atoms with Gasteiger partial charge in [0.05, 0.1) is 0 Å². The van der Waals surface area contributed by atoms with Crippen LogP contribution in [0.2, 0.25) is 0 Å². The van der Waals surface area contributed by atoms with Crippen LogP contribution >= 0.6 is 15.8 Å². The van der Waals surface area contributed by atoms with Crippen molar-refractivity contribution >= 4 is 82.7 Å². The first-order valence-corrected chi connectivity index (χ1v) is 19.3. The molecule has 0 N–H and O–H groups in total. The Bertz CT molecular complexity index is 1860. The first kappa shape index (κ1) is 28.0. The molecule has 0 unspecified atom stereocenters. The molecule has 0 aliphatic rings. The van der Waals surface area contributed by atoms with Gasteiger partial charge < -0.3 is 0 Å². The SMILES string of the molecule is c1ccc(P(c2ccccc2)c2cccc[c]2[Ge][c]2cccc3cccc(P(c4ccccc4)c4ccccc4)c23)cc1. The molecule has 2 radical (unpaired) electrons. The quantitative estimate of drug-likeness (QED) is 0.140. The van der Waals surface area contributed by atoms with Gasteiger partial charge in [-0.05, 0) is 0 Å². The van der Waals surface area contributed by atoms with E-state index in [4.69, 9.17) is 0 Å². The number of benzene rings is 7. The van der Waals surface area contributed by atoms with Gasteiger partial charge in [0.2, 0.25) is 0 Å². The molecule has 7 aromatic carbocycles. The monoisotopic (exact) mass is 646 g/mol. The van der Waals surface area contributed by atoms with Crippen LogP contribution in [0.3, 0.4) is 0 Å². The fraction of sp³-hybridized carbons (Fsp3) is 0. The molecule has 0 amide bonds. The summed E-state index contributed by atoms with van der Waals surface area (Å²) in [5.74, 6) is 0. The van der Waals surface area contributed by atoms with Crippen molar-refractivity contribution in [3.63, 3.8) is 0 Å². The second-order valence-electron chi connectivity index (χ2n) is 10.3. The van der Waals surface area contributed by atoms with Gasteiger partial charge in [-0.15, -0.1) is 0 Å². The van der Waals surface area contributed by atoms with Crippen LogP contribution in [0.4, 0.5) is 0 Å². The van der Waals surface area contributed by atoms with Crippen LogP contribution in [0.15, 0.2) is 182 Å². The molecule has 0 saturated heterocycles. The van der Waals surface area contributed by atoms with E-state index in [1.54, 1.807) is 0 Å². The van der Waals surface area contributed by atoms with Gasteiger partial charge in [0.1, 0.15) is 0 Å². The molecule has 0 spiro atoms. The van der Waals surface area contributed by atoms with Crippen LogP contribution in [0.1, 0.15) is 0 Å². The number of rotatable bonds is 8. The summed E-state index contributed by atoms with van der Waals surface area (Å²) in [7, 11) is -1.37. The van der Waals surface area contributed by atoms with Crippen molar-refractivity contribution in [1.29, 1.82) is 0 Å². The third-order valence-electron chi connectivity index (χ3n) is 7.60. The standard InChI is InChI=1S/C40H30GeP2/c1-5-19-32(20-6-1)42(33-21-7-2-8-22-33)38-29-14-13-27-36(38)41-37-28-15-17-31-18-16-30-39(40(31)37)43(34-23-9-3-10-24-34)35-25-11-4-12-26-35/h1-30H. The number of hydrogen-bond donors (Lipinski definition) is 0. The Hall–Kier alpha value is -3.80.